The Morgan fingerprint density at radius 2 is 1.94 bits per heavy atom. The summed E-state index contributed by atoms with van der Waals surface area (Å²) in [4.78, 5) is 35.6. The number of thiazole rings is 1. The third-order valence-corrected chi connectivity index (χ3v) is 7.26. The van der Waals surface area contributed by atoms with E-state index in [9.17, 15) is 27.2 Å². The number of amides is 2. The fraction of sp³-hybridized carbons (Fsp3) is 0.583. The summed E-state index contributed by atoms with van der Waals surface area (Å²) >= 11 is 0.784. The van der Waals surface area contributed by atoms with Gasteiger partial charge in [-0.1, -0.05) is 0 Å². The molecular weight excluding hydrogens is 498 g/mol. The molecule has 196 valence electrons. The van der Waals surface area contributed by atoms with Gasteiger partial charge in [0.15, 0.2) is 5.01 Å². The van der Waals surface area contributed by atoms with Crippen molar-refractivity contribution in [3.8, 4) is 10.4 Å². The highest BCUT2D eigenvalue weighted by molar-refractivity contribution is 7.17. The second-order valence-corrected chi connectivity index (χ2v) is 11.5. The number of halogens is 4. The van der Waals surface area contributed by atoms with Crippen LogP contribution in [0.25, 0.3) is 10.4 Å². The number of rotatable bonds is 6. The van der Waals surface area contributed by atoms with Crippen LogP contribution >= 0.6 is 11.3 Å². The number of pyridine rings is 1. The van der Waals surface area contributed by atoms with Gasteiger partial charge in [-0.15, -0.1) is 11.3 Å². The molecule has 2 aromatic heterocycles. The Bertz CT molecular complexity index is 1160. The van der Waals surface area contributed by atoms with Crippen LogP contribution in [0, 0.1) is 0 Å². The maximum atomic E-state index is 14.2. The van der Waals surface area contributed by atoms with E-state index >= 15 is 0 Å². The van der Waals surface area contributed by atoms with E-state index in [0.717, 1.165) is 35.5 Å². The molecule has 12 heteroatoms. The second kappa shape index (κ2) is 9.60. The van der Waals surface area contributed by atoms with E-state index in [0.29, 0.717) is 0 Å². The van der Waals surface area contributed by atoms with Gasteiger partial charge in [-0.05, 0) is 53.0 Å². The van der Waals surface area contributed by atoms with Gasteiger partial charge >= 0.3 is 0 Å². The first-order valence-electron chi connectivity index (χ1n) is 11.8. The normalized spacial score (nSPS) is 19.9. The first-order valence-corrected chi connectivity index (χ1v) is 12.6. The number of alkyl halides is 4. The number of hydrogen-bond acceptors (Lipinski definition) is 6. The Hall–Kier alpha value is -2.76. The Labute approximate surface area is 210 Å². The van der Waals surface area contributed by atoms with Crippen LogP contribution in [-0.4, -0.2) is 56.8 Å². The molecule has 4 rings (SSSR count). The van der Waals surface area contributed by atoms with E-state index in [2.05, 4.69) is 20.6 Å². The Morgan fingerprint density at radius 3 is 2.47 bits per heavy atom. The van der Waals surface area contributed by atoms with Crippen molar-refractivity contribution in [3.05, 3.63) is 28.5 Å². The van der Waals surface area contributed by atoms with E-state index in [4.69, 9.17) is 0 Å². The summed E-state index contributed by atoms with van der Waals surface area (Å²) in [6.07, 6.45) is 0.392. The average Bonchev–Trinajstić information content (AvgIpc) is 3.29. The van der Waals surface area contributed by atoms with Crippen molar-refractivity contribution in [1.82, 2.24) is 20.2 Å². The summed E-state index contributed by atoms with van der Waals surface area (Å²) in [6, 6.07) is 0.405. The number of nitrogens with zero attached hydrogens (tertiary/aromatic N) is 3. The predicted molar refractivity (Wildman–Crippen MR) is 129 cm³/mol. The fourth-order valence-electron chi connectivity index (χ4n) is 4.26. The SMILES string of the molecule is CC1CC(F)(F)CN1C(=O)c1nc(C(=O)NC2CCC2)sc1-c1cnc(NC(C)(C)C)cc1C(F)F. The standard InChI is InChI=1S/C24H29F4N5O2S/c1-12-9-24(27,28)11-33(12)22(35)17-18(36-21(31-17)20(34)30-13-6-5-7-13)15-10-29-16(32-23(2,3)4)8-14(15)19(25)26/h8,10,12-13,19H,5-7,9,11H2,1-4H3,(H,29,32)(H,30,34). The third kappa shape index (κ3) is 5.63. The van der Waals surface area contributed by atoms with Crippen LogP contribution in [0.5, 0.6) is 0 Å². The molecule has 2 N–H and O–H groups in total. The van der Waals surface area contributed by atoms with Crippen molar-refractivity contribution in [3.63, 3.8) is 0 Å². The molecule has 1 aliphatic heterocycles. The van der Waals surface area contributed by atoms with Gasteiger partial charge in [0, 0.05) is 41.4 Å². The zero-order chi connectivity index (χ0) is 26.4. The maximum Gasteiger partial charge on any atom is 0.280 e. The van der Waals surface area contributed by atoms with Gasteiger partial charge in [-0.3, -0.25) is 9.59 Å². The topological polar surface area (TPSA) is 87.2 Å². The van der Waals surface area contributed by atoms with E-state index < -0.39 is 54.3 Å². The Morgan fingerprint density at radius 1 is 1.25 bits per heavy atom. The molecule has 0 aromatic carbocycles. The van der Waals surface area contributed by atoms with Crippen LogP contribution in [0.3, 0.4) is 0 Å². The lowest BCUT2D eigenvalue weighted by molar-refractivity contribution is 0.0118. The first-order chi connectivity index (χ1) is 16.7. The van der Waals surface area contributed by atoms with Gasteiger partial charge < -0.3 is 15.5 Å². The summed E-state index contributed by atoms with van der Waals surface area (Å²) in [5, 5.41) is 5.76. The summed E-state index contributed by atoms with van der Waals surface area (Å²) in [7, 11) is 0. The molecule has 2 fully saturated rings. The molecule has 1 saturated carbocycles. The minimum atomic E-state index is -3.06. The molecule has 1 unspecified atom stereocenters. The number of aromatic nitrogens is 2. The van der Waals surface area contributed by atoms with Crippen LogP contribution in [0.2, 0.25) is 0 Å². The van der Waals surface area contributed by atoms with Crippen molar-refractivity contribution in [2.75, 3.05) is 11.9 Å². The number of nitrogens with one attached hydrogen (secondary N) is 2. The van der Waals surface area contributed by atoms with E-state index in [1.54, 1.807) is 0 Å². The molecule has 1 aliphatic carbocycles. The quantitative estimate of drug-likeness (QED) is 0.484. The van der Waals surface area contributed by atoms with Crippen molar-refractivity contribution >= 4 is 29.0 Å². The second-order valence-electron chi connectivity index (χ2n) is 10.5. The smallest absolute Gasteiger partial charge is 0.280 e. The Kier molecular flexibility index (Phi) is 7.02. The van der Waals surface area contributed by atoms with Gasteiger partial charge in [0.1, 0.15) is 11.5 Å². The molecule has 1 atom stereocenters. The highest BCUT2D eigenvalue weighted by atomic mass is 32.1. The highest BCUT2D eigenvalue weighted by Crippen LogP contribution is 2.40. The lowest BCUT2D eigenvalue weighted by Gasteiger charge is -2.25. The molecule has 2 amide bonds. The molecule has 7 nitrogen and oxygen atoms in total. The average molecular weight is 528 g/mol. The summed E-state index contributed by atoms with van der Waals surface area (Å²) in [5.74, 6) is -4.20. The van der Waals surface area contributed by atoms with Crippen molar-refractivity contribution in [2.45, 2.75) is 83.3 Å². The van der Waals surface area contributed by atoms with Crippen molar-refractivity contribution in [1.29, 1.82) is 0 Å². The summed E-state index contributed by atoms with van der Waals surface area (Å²) in [5.41, 5.74) is -1.21. The maximum absolute atomic E-state index is 14.2. The van der Waals surface area contributed by atoms with Crippen LogP contribution in [0.4, 0.5) is 23.4 Å². The lowest BCUT2D eigenvalue weighted by atomic mass is 9.93. The third-order valence-electron chi connectivity index (χ3n) is 6.17. The zero-order valence-corrected chi connectivity index (χ0v) is 21.3. The van der Waals surface area contributed by atoms with Crippen molar-refractivity contribution < 1.29 is 27.2 Å². The minimum Gasteiger partial charge on any atom is -0.365 e. The molecule has 0 radical (unpaired) electrons. The van der Waals surface area contributed by atoms with Gasteiger partial charge in [-0.25, -0.2) is 27.5 Å². The summed E-state index contributed by atoms with van der Waals surface area (Å²) < 4.78 is 56.4. The van der Waals surface area contributed by atoms with E-state index in [1.165, 1.54) is 19.2 Å². The fourth-order valence-corrected chi connectivity index (χ4v) is 5.25. The molecule has 36 heavy (non-hydrogen) atoms. The summed E-state index contributed by atoms with van der Waals surface area (Å²) in [6.45, 7) is 6.25. The number of anilines is 1. The van der Waals surface area contributed by atoms with Gasteiger partial charge in [0.05, 0.1) is 11.4 Å². The van der Waals surface area contributed by atoms with Gasteiger partial charge in [0.2, 0.25) is 0 Å². The number of likely N-dealkylation sites (tertiary alicyclic amines) is 1. The van der Waals surface area contributed by atoms with Gasteiger partial charge in [0.25, 0.3) is 24.2 Å². The predicted octanol–water partition coefficient (Wildman–Crippen LogP) is 5.51. The van der Waals surface area contributed by atoms with Crippen molar-refractivity contribution in [2.24, 2.45) is 0 Å². The van der Waals surface area contributed by atoms with Crippen LogP contribution in [0.15, 0.2) is 12.3 Å². The Balaban J connectivity index is 1.78. The van der Waals surface area contributed by atoms with E-state index in [-0.39, 0.29) is 33.0 Å². The zero-order valence-electron chi connectivity index (χ0n) is 20.5. The van der Waals surface area contributed by atoms with Crippen LogP contribution < -0.4 is 10.6 Å². The van der Waals surface area contributed by atoms with Gasteiger partial charge in [-0.2, -0.15) is 0 Å². The number of carbonyl (C=O) groups is 2. The molecular formula is C24H29F4N5O2S. The molecule has 0 spiro atoms. The highest BCUT2D eigenvalue weighted by Gasteiger charge is 2.46. The molecule has 0 bridgehead atoms. The molecule has 2 aromatic rings. The molecule has 2 aliphatic rings. The number of hydrogen-bond donors (Lipinski definition) is 2. The molecule has 3 heterocycles. The minimum absolute atomic E-state index is 0.00582. The largest absolute Gasteiger partial charge is 0.365 e. The van der Waals surface area contributed by atoms with Crippen LogP contribution in [-0.2, 0) is 0 Å². The van der Waals surface area contributed by atoms with Crippen LogP contribution in [0.1, 0.15) is 85.7 Å². The molecule has 1 saturated heterocycles. The lowest BCUT2D eigenvalue weighted by Crippen LogP contribution is -2.39. The monoisotopic (exact) mass is 527 g/mol. The number of carbonyl (C=O) groups excluding carboxylic acids is 2. The van der Waals surface area contributed by atoms with E-state index in [1.807, 2.05) is 20.8 Å². The first kappa shape index (κ1) is 26.3.